The smallest absolute Gasteiger partial charge is 0.316 e. The van der Waals surface area contributed by atoms with Gasteiger partial charge in [-0.1, -0.05) is 28.9 Å². The first kappa shape index (κ1) is 21.9. The molecule has 3 rings (SSSR count). The monoisotopic (exact) mass is 447 g/mol. The van der Waals surface area contributed by atoms with Crippen LogP contribution in [0.3, 0.4) is 0 Å². The molecule has 162 valence electrons. The van der Waals surface area contributed by atoms with Crippen LogP contribution < -0.4 is 10.6 Å². The van der Waals surface area contributed by atoms with Crippen molar-refractivity contribution in [2.75, 3.05) is 13.1 Å². The molecule has 0 spiro atoms. The third-order valence-corrected chi connectivity index (χ3v) is 4.84. The average Bonchev–Trinajstić information content (AvgIpc) is 3.31. The zero-order valence-corrected chi connectivity index (χ0v) is 17.3. The minimum Gasteiger partial charge on any atom is -0.350 e. The van der Waals surface area contributed by atoms with Gasteiger partial charge in [-0.05, 0) is 19.9 Å². The number of halogens is 1. The maximum absolute atomic E-state index is 12.1. The lowest BCUT2D eigenvalue weighted by Gasteiger charge is -2.06. The second-order valence-electron chi connectivity index (χ2n) is 6.44. The second-order valence-corrected chi connectivity index (χ2v) is 6.82. The van der Waals surface area contributed by atoms with Gasteiger partial charge in [-0.2, -0.15) is 10.1 Å². The topological polar surface area (TPSA) is 158 Å². The second kappa shape index (κ2) is 9.34. The molecular weight excluding hydrogens is 430 g/mol. The molecule has 3 aromatic rings. The fraction of sp³-hybridized carbons (Fsp3) is 0.278. The lowest BCUT2D eigenvalue weighted by atomic mass is 10.1. The fourth-order valence-electron chi connectivity index (χ4n) is 2.72. The minimum absolute atomic E-state index is 0.0435. The van der Waals surface area contributed by atoms with Crippen LogP contribution in [0.5, 0.6) is 0 Å². The molecule has 0 aliphatic carbocycles. The number of nitro benzene ring substituents is 1. The van der Waals surface area contributed by atoms with Crippen LogP contribution in [0.15, 0.2) is 28.8 Å². The Morgan fingerprint density at radius 2 is 1.87 bits per heavy atom. The largest absolute Gasteiger partial charge is 0.350 e. The van der Waals surface area contributed by atoms with Crippen LogP contribution >= 0.6 is 11.6 Å². The molecule has 31 heavy (non-hydrogen) atoms. The van der Waals surface area contributed by atoms with Crippen LogP contribution in [-0.4, -0.2) is 49.7 Å². The highest BCUT2D eigenvalue weighted by molar-refractivity contribution is 6.31. The van der Waals surface area contributed by atoms with Crippen LogP contribution in [-0.2, 0) is 6.54 Å². The molecule has 2 heterocycles. The number of nitro groups is 1. The summed E-state index contributed by atoms with van der Waals surface area (Å²) in [6.45, 7) is 3.85. The van der Waals surface area contributed by atoms with Crippen molar-refractivity contribution in [3.8, 4) is 0 Å². The number of hydrogen-bond acceptors (Lipinski definition) is 8. The van der Waals surface area contributed by atoms with E-state index in [0.29, 0.717) is 10.7 Å². The van der Waals surface area contributed by atoms with Gasteiger partial charge in [-0.3, -0.25) is 24.4 Å². The van der Waals surface area contributed by atoms with E-state index in [1.165, 1.54) is 24.3 Å². The number of amides is 2. The van der Waals surface area contributed by atoms with Crippen LogP contribution in [0.2, 0.25) is 5.02 Å². The molecule has 0 saturated heterocycles. The summed E-state index contributed by atoms with van der Waals surface area (Å²) in [7, 11) is 0. The van der Waals surface area contributed by atoms with E-state index in [-0.39, 0.29) is 42.6 Å². The Balaban J connectivity index is 1.50. The van der Waals surface area contributed by atoms with E-state index in [1.807, 2.05) is 0 Å². The third-order valence-electron chi connectivity index (χ3n) is 4.29. The van der Waals surface area contributed by atoms with Crippen molar-refractivity contribution in [2.24, 2.45) is 0 Å². The maximum atomic E-state index is 12.1. The Kier molecular flexibility index (Phi) is 6.60. The molecule has 0 bridgehead atoms. The quantitative estimate of drug-likeness (QED) is 0.299. The van der Waals surface area contributed by atoms with E-state index in [1.54, 1.807) is 18.5 Å². The number of para-hydroxylation sites is 1. The Bertz CT molecular complexity index is 1140. The summed E-state index contributed by atoms with van der Waals surface area (Å²) in [5, 5.41) is 24.6. The highest BCUT2D eigenvalue weighted by Crippen LogP contribution is 2.19. The SMILES string of the molecule is Cc1nn(Cc2noc(C(=O)NCCNC(=O)c3ccccc3[N+](=O)[O-])n2)c(C)c1Cl. The van der Waals surface area contributed by atoms with Gasteiger partial charge in [-0.15, -0.1) is 0 Å². The lowest BCUT2D eigenvalue weighted by molar-refractivity contribution is -0.385. The minimum atomic E-state index is -0.635. The first-order valence-electron chi connectivity index (χ1n) is 9.09. The lowest BCUT2D eigenvalue weighted by Crippen LogP contribution is -2.35. The van der Waals surface area contributed by atoms with E-state index in [9.17, 15) is 19.7 Å². The van der Waals surface area contributed by atoms with Gasteiger partial charge in [0, 0.05) is 19.2 Å². The molecular formula is C18H18ClN7O5. The summed E-state index contributed by atoms with van der Waals surface area (Å²) >= 11 is 6.10. The van der Waals surface area contributed by atoms with E-state index in [0.717, 1.165) is 5.69 Å². The Labute approximate surface area is 180 Å². The van der Waals surface area contributed by atoms with Crippen molar-refractivity contribution in [3.05, 3.63) is 68.1 Å². The van der Waals surface area contributed by atoms with Crippen molar-refractivity contribution in [1.82, 2.24) is 30.6 Å². The van der Waals surface area contributed by atoms with Gasteiger partial charge in [0.05, 0.1) is 21.3 Å². The summed E-state index contributed by atoms with van der Waals surface area (Å²) in [4.78, 5) is 38.6. The standard InChI is InChI=1S/C18H18ClN7O5/c1-10-15(19)11(2)25(23-10)9-14-22-18(31-24-14)17(28)21-8-7-20-16(27)12-5-3-4-6-13(12)26(29)30/h3-6H,7-9H2,1-2H3,(H,20,27)(H,21,28). The first-order valence-corrected chi connectivity index (χ1v) is 9.47. The van der Waals surface area contributed by atoms with Crippen LogP contribution in [0, 0.1) is 24.0 Å². The Morgan fingerprint density at radius 3 is 2.52 bits per heavy atom. The predicted octanol–water partition coefficient (Wildman–Crippen LogP) is 1.65. The van der Waals surface area contributed by atoms with Crippen molar-refractivity contribution < 1.29 is 19.0 Å². The van der Waals surface area contributed by atoms with Gasteiger partial charge in [0.15, 0.2) is 5.82 Å². The van der Waals surface area contributed by atoms with E-state index in [4.69, 9.17) is 16.1 Å². The summed E-state index contributed by atoms with van der Waals surface area (Å²) < 4.78 is 6.56. The average molecular weight is 448 g/mol. The molecule has 0 unspecified atom stereocenters. The number of hydrogen-bond donors (Lipinski definition) is 2. The van der Waals surface area contributed by atoms with Crippen LogP contribution in [0.1, 0.15) is 38.3 Å². The Hall–Kier alpha value is -3.80. The van der Waals surface area contributed by atoms with Crippen molar-refractivity contribution in [2.45, 2.75) is 20.4 Å². The van der Waals surface area contributed by atoms with Crippen LogP contribution in [0.4, 0.5) is 5.69 Å². The number of carbonyl (C=O) groups excluding carboxylic acids is 2. The van der Waals surface area contributed by atoms with Gasteiger partial charge < -0.3 is 15.2 Å². The fourth-order valence-corrected chi connectivity index (χ4v) is 2.86. The normalized spacial score (nSPS) is 10.7. The van der Waals surface area contributed by atoms with Gasteiger partial charge >= 0.3 is 11.8 Å². The molecule has 0 atom stereocenters. The van der Waals surface area contributed by atoms with Crippen LogP contribution in [0.25, 0.3) is 0 Å². The zero-order chi connectivity index (χ0) is 22.5. The molecule has 0 aliphatic heterocycles. The highest BCUT2D eigenvalue weighted by atomic mass is 35.5. The number of carbonyl (C=O) groups is 2. The zero-order valence-electron chi connectivity index (χ0n) is 16.6. The number of aromatic nitrogens is 4. The van der Waals surface area contributed by atoms with E-state index in [2.05, 4.69) is 25.9 Å². The molecule has 0 aliphatic rings. The van der Waals surface area contributed by atoms with E-state index >= 15 is 0 Å². The molecule has 2 amide bonds. The molecule has 0 saturated carbocycles. The van der Waals surface area contributed by atoms with Crippen molar-refractivity contribution in [1.29, 1.82) is 0 Å². The van der Waals surface area contributed by atoms with Gasteiger partial charge in [0.1, 0.15) is 12.1 Å². The summed E-state index contributed by atoms with van der Waals surface area (Å²) in [5.41, 5.74) is 1.05. The summed E-state index contributed by atoms with van der Waals surface area (Å²) in [6.07, 6.45) is 0. The molecule has 12 nitrogen and oxygen atoms in total. The molecule has 2 N–H and O–H groups in total. The highest BCUT2D eigenvalue weighted by Gasteiger charge is 2.20. The van der Waals surface area contributed by atoms with Crippen molar-refractivity contribution >= 4 is 29.1 Å². The molecule has 0 fully saturated rings. The maximum Gasteiger partial charge on any atom is 0.316 e. The molecule has 2 aromatic heterocycles. The molecule has 13 heteroatoms. The van der Waals surface area contributed by atoms with Gasteiger partial charge in [-0.25, -0.2) is 0 Å². The number of benzene rings is 1. The number of nitrogens with zero attached hydrogens (tertiary/aromatic N) is 5. The summed E-state index contributed by atoms with van der Waals surface area (Å²) in [6, 6.07) is 5.58. The number of rotatable bonds is 8. The first-order chi connectivity index (χ1) is 14.8. The third kappa shape index (κ3) is 5.04. The summed E-state index contributed by atoms with van der Waals surface area (Å²) in [5.74, 6) is -1.24. The number of aryl methyl sites for hydroxylation is 1. The number of nitrogens with one attached hydrogen (secondary N) is 2. The predicted molar refractivity (Wildman–Crippen MR) is 108 cm³/mol. The molecule has 0 radical (unpaired) electrons. The molecule has 1 aromatic carbocycles. The van der Waals surface area contributed by atoms with Gasteiger partial charge in [0.2, 0.25) is 0 Å². The van der Waals surface area contributed by atoms with E-state index < -0.39 is 16.7 Å². The Morgan fingerprint density at radius 1 is 1.19 bits per heavy atom. The van der Waals surface area contributed by atoms with Crippen molar-refractivity contribution in [3.63, 3.8) is 0 Å². The van der Waals surface area contributed by atoms with Gasteiger partial charge in [0.25, 0.3) is 11.6 Å².